The maximum absolute atomic E-state index is 12.4. The number of benzene rings is 1. The van der Waals surface area contributed by atoms with E-state index in [9.17, 15) is 4.79 Å². The molecule has 2 heterocycles. The summed E-state index contributed by atoms with van der Waals surface area (Å²) < 4.78 is 2.08. The van der Waals surface area contributed by atoms with Gasteiger partial charge in [0, 0.05) is 31.9 Å². The molecule has 2 aromatic rings. The van der Waals surface area contributed by atoms with Crippen molar-refractivity contribution < 1.29 is 4.79 Å². The van der Waals surface area contributed by atoms with E-state index in [1.165, 1.54) is 36.9 Å². The number of hydrogen-bond donors (Lipinski definition) is 1. The Balaban J connectivity index is 1.58. The molecule has 140 valence electrons. The van der Waals surface area contributed by atoms with E-state index in [1.807, 2.05) is 19.3 Å². The van der Waals surface area contributed by atoms with Crippen molar-refractivity contribution in [1.82, 2.24) is 14.8 Å². The van der Waals surface area contributed by atoms with Gasteiger partial charge in [0.05, 0.1) is 6.04 Å². The van der Waals surface area contributed by atoms with E-state index >= 15 is 0 Å². The zero-order valence-electron chi connectivity index (χ0n) is 15.9. The van der Waals surface area contributed by atoms with E-state index in [0.717, 1.165) is 19.5 Å². The van der Waals surface area contributed by atoms with Crippen LogP contribution in [0.15, 0.2) is 48.7 Å². The fraction of sp³-hybridized carbons (Fsp3) is 0.500. The summed E-state index contributed by atoms with van der Waals surface area (Å²) in [5, 5.41) is 3.19. The first-order valence-corrected chi connectivity index (χ1v) is 9.90. The van der Waals surface area contributed by atoms with Crippen LogP contribution in [-0.2, 0) is 18.3 Å². The lowest BCUT2D eigenvalue weighted by Gasteiger charge is -2.31. The first-order valence-electron chi connectivity index (χ1n) is 9.90. The van der Waals surface area contributed by atoms with Gasteiger partial charge in [0.1, 0.15) is 0 Å². The summed E-state index contributed by atoms with van der Waals surface area (Å²) in [5.41, 5.74) is 2.50. The molecule has 0 saturated carbocycles. The summed E-state index contributed by atoms with van der Waals surface area (Å²) >= 11 is 0. The minimum absolute atomic E-state index is 0.141. The molecule has 1 fully saturated rings. The Labute approximate surface area is 157 Å². The number of hydrogen-bond acceptors (Lipinski definition) is 2. The third kappa shape index (κ3) is 5.21. The highest BCUT2D eigenvalue weighted by Gasteiger charge is 2.22. The van der Waals surface area contributed by atoms with Crippen LogP contribution in [0.5, 0.6) is 0 Å². The Kier molecular flexibility index (Phi) is 6.89. The quantitative estimate of drug-likeness (QED) is 0.824. The lowest BCUT2D eigenvalue weighted by Crippen LogP contribution is -2.38. The van der Waals surface area contributed by atoms with Gasteiger partial charge in [0.15, 0.2) is 0 Å². The number of amides is 1. The molecule has 1 amide bonds. The molecule has 1 unspecified atom stereocenters. The van der Waals surface area contributed by atoms with Gasteiger partial charge in [-0.1, -0.05) is 43.2 Å². The Morgan fingerprint density at radius 2 is 1.77 bits per heavy atom. The molecule has 0 bridgehead atoms. The van der Waals surface area contributed by atoms with Gasteiger partial charge in [-0.05, 0) is 50.0 Å². The highest BCUT2D eigenvalue weighted by molar-refractivity contribution is 5.76. The molecule has 0 radical (unpaired) electrons. The molecule has 1 aromatic heterocycles. The standard InChI is InChI=1S/C22H31N3O/c1-24-15-9-12-20(24)13-14-22(26)23-18-21(19-10-5-4-6-11-19)25-16-7-2-3-8-17-25/h4-6,9-12,15,21H,2-3,7-8,13-14,16-18H2,1H3,(H,23,26). The Hall–Kier alpha value is -2.07. The molecule has 0 aliphatic carbocycles. The molecule has 4 heteroatoms. The van der Waals surface area contributed by atoms with Crippen molar-refractivity contribution in [1.29, 1.82) is 0 Å². The monoisotopic (exact) mass is 353 g/mol. The molecule has 3 rings (SSSR count). The number of nitrogens with zero attached hydrogens (tertiary/aromatic N) is 2. The summed E-state index contributed by atoms with van der Waals surface area (Å²) in [7, 11) is 2.03. The lowest BCUT2D eigenvalue weighted by atomic mass is 10.0. The third-order valence-corrected chi connectivity index (χ3v) is 5.42. The topological polar surface area (TPSA) is 37.3 Å². The maximum atomic E-state index is 12.4. The first-order chi connectivity index (χ1) is 12.7. The average Bonchev–Trinajstić information content (AvgIpc) is 2.90. The molecule has 1 aromatic carbocycles. The number of carbonyl (C=O) groups excluding carboxylic acids is 1. The zero-order chi connectivity index (χ0) is 18.2. The van der Waals surface area contributed by atoms with Crippen molar-refractivity contribution >= 4 is 5.91 Å². The molecule has 26 heavy (non-hydrogen) atoms. The predicted molar refractivity (Wildman–Crippen MR) is 106 cm³/mol. The smallest absolute Gasteiger partial charge is 0.220 e. The number of nitrogens with one attached hydrogen (secondary N) is 1. The van der Waals surface area contributed by atoms with Gasteiger partial charge in [-0.2, -0.15) is 0 Å². The number of aryl methyl sites for hydroxylation is 2. The zero-order valence-corrected chi connectivity index (χ0v) is 15.9. The molecular formula is C22H31N3O. The van der Waals surface area contributed by atoms with E-state index < -0.39 is 0 Å². The van der Waals surface area contributed by atoms with Crippen molar-refractivity contribution in [3.05, 3.63) is 59.9 Å². The van der Waals surface area contributed by atoms with Gasteiger partial charge in [-0.3, -0.25) is 9.69 Å². The van der Waals surface area contributed by atoms with Crippen molar-refractivity contribution in [2.24, 2.45) is 7.05 Å². The van der Waals surface area contributed by atoms with Crippen LogP contribution in [0.3, 0.4) is 0 Å². The Morgan fingerprint density at radius 3 is 2.42 bits per heavy atom. The predicted octanol–water partition coefficient (Wildman–Crippen LogP) is 3.69. The van der Waals surface area contributed by atoms with Gasteiger partial charge < -0.3 is 9.88 Å². The number of aromatic nitrogens is 1. The second-order valence-electron chi connectivity index (χ2n) is 7.29. The normalized spacial score (nSPS) is 16.8. The fourth-order valence-electron chi connectivity index (χ4n) is 3.84. The van der Waals surface area contributed by atoms with Gasteiger partial charge in [0.2, 0.25) is 5.91 Å². The van der Waals surface area contributed by atoms with Gasteiger partial charge >= 0.3 is 0 Å². The van der Waals surface area contributed by atoms with Crippen LogP contribution in [0.2, 0.25) is 0 Å². The maximum Gasteiger partial charge on any atom is 0.220 e. The Bertz CT molecular complexity index is 672. The summed E-state index contributed by atoms with van der Waals surface area (Å²) in [5.74, 6) is 0.141. The van der Waals surface area contributed by atoms with Crippen molar-refractivity contribution in [2.45, 2.75) is 44.6 Å². The molecule has 1 atom stereocenters. The highest BCUT2D eigenvalue weighted by atomic mass is 16.1. The summed E-state index contributed by atoms with van der Waals surface area (Å²) in [4.78, 5) is 15.0. The molecule has 0 spiro atoms. The molecule has 1 N–H and O–H groups in total. The van der Waals surface area contributed by atoms with E-state index in [4.69, 9.17) is 0 Å². The Morgan fingerprint density at radius 1 is 1.04 bits per heavy atom. The third-order valence-electron chi connectivity index (χ3n) is 5.42. The lowest BCUT2D eigenvalue weighted by molar-refractivity contribution is -0.121. The minimum Gasteiger partial charge on any atom is -0.354 e. The van der Waals surface area contributed by atoms with Gasteiger partial charge in [-0.25, -0.2) is 0 Å². The van der Waals surface area contributed by atoms with Crippen LogP contribution in [0, 0.1) is 0 Å². The molecule has 1 aliphatic rings. The number of carbonyl (C=O) groups is 1. The van der Waals surface area contributed by atoms with Crippen LogP contribution in [0.4, 0.5) is 0 Å². The second kappa shape index (κ2) is 9.58. The number of rotatable bonds is 7. The summed E-state index contributed by atoms with van der Waals surface area (Å²) in [6.45, 7) is 2.94. The minimum atomic E-state index is 0.141. The van der Waals surface area contributed by atoms with Crippen LogP contribution in [0.1, 0.15) is 49.4 Å². The van der Waals surface area contributed by atoms with Crippen molar-refractivity contribution in [3.8, 4) is 0 Å². The largest absolute Gasteiger partial charge is 0.354 e. The van der Waals surface area contributed by atoms with Crippen LogP contribution < -0.4 is 5.32 Å². The number of likely N-dealkylation sites (tertiary alicyclic amines) is 1. The van der Waals surface area contributed by atoms with E-state index in [1.54, 1.807) is 0 Å². The average molecular weight is 354 g/mol. The van der Waals surface area contributed by atoms with Crippen LogP contribution in [0.25, 0.3) is 0 Å². The van der Waals surface area contributed by atoms with Crippen molar-refractivity contribution in [2.75, 3.05) is 19.6 Å². The van der Waals surface area contributed by atoms with E-state index in [2.05, 4.69) is 51.2 Å². The van der Waals surface area contributed by atoms with Crippen LogP contribution >= 0.6 is 0 Å². The fourth-order valence-corrected chi connectivity index (χ4v) is 3.84. The first kappa shape index (κ1) is 18.7. The van der Waals surface area contributed by atoms with Crippen molar-refractivity contribution in [3.63, 3.8) is 0 Å². The molecule has 1 aliphatic heterocycles. The van der Waals surface area contributed by atoms with E-state index in [0.29, 0.717) is 13.0 Å². The summed E-state index contributed by atoms with van der Waals surface area (Å²) in [6.07, 6.45) is 8.50. The SMILES string of the molecule is Cn1cccc1CCC(=O)NCC(c1ccccc1)N1CCCCCC1. The van der Waals surface area contributed by atoms with Gasteiger partial charge in [-0.15, -0.1) is 0 Å². The highest BCUT2D eigenvalue weighted by Crippen LogP contribution is 2.23. The molecule has 4 nitrogen and oxygen atoms in total. The molecule has 1 saturated heterocycles. The molecular weight excluding hydrogens is 322 g/mol. The van der Waals surface area contributed by atoms with Gasteiger partial charge in [0.25, 0.3) is 0 Å². The van der Waals surface area contributed by atoms with E-state index in [-0.39, 0.29) is 11.9 Å². The second-order valence-corrected chi connectivity index (χ2v) is 7.29. The summed E-state index contributed by atoms with van der Waals surface area (Å²) in [6, 6.07) is 15.0. The van der Waals surface area contributed by atoms with Crippen LogP contribution in [-0.4, -0.2) is 35.0 Å².